The van der Waals surface area contributed by atoms with Crippen molar-refractivity contribution in [1.29, 1.82) is 0 Å². The van der Waals surface area contributed by atoms with Gasteiger partial charge in [-0.05, 0) is 48.9 Å². The summed E-state index contributed by atoms with van der Waals surface area (Å²) in [6, 6.07) is 12.8. The minimum Gasteiger partial charge on any atom is -0.493 e. The van der Waals surface area contributed by atoms with Crippen LogP contribution < -0.4 is 10.1 Å². The molecule has 0 saturated carbocycles. The lowest BCUT2D eigenvalue weighted by Gasteiger charge is -2.28. The van der Waals surface area contributed by atoms with Crippen molar-refractivity contribution in [2.75, 3.05) is 11.9 Å². The Kier molecular flexibility index (Phi) is 4.03. The lowest BCUT2D eigenvalue weighted by molar-refractivity contribution is 0.274. The largest absolute Gasteiger partial charge is 0.493 e. The van der Waals surface area contributed by atoms with E-state index in [0.717, 1.165) is 27.7 Å². The Labute approximate surface area is 135 Å². The first kappa shape index (κ1) is 14.0. The second kappa shape index (κ2) is 5.78. The Hall–Kier alpha value is -1.000. The third-order valence-electron chi connectivity index (χ3n) is 3.53. The quantitative estimate of drug-likeness (QED) is 0.727. The van der Waals surface area contributed by atoms with Crippen LogP contribution >= 0.6 is 31.9 Å². The first-order valence-electron chi connectivity index (χ1n) is 6.58. The van der Waals surface area contributed by atoms with E-state index in [4.69, 9.17) is 4.74 Å². The van der Waals surface area contributed by atoms with Gasteiger partial charge >= 0.3 is 0 Å². The van der Waals surface area contributed by atoms with Gasteiger partial charge in [-0.25, -0.2) is 0 Å². The molecule has 1 heterocycles. The molecule has 0 aliphatic carbocycles. The van der Waals surface area contributed by atoms with Gasteiger partial charge in [-0.2, -0.15) is 0 Å². The summed E-state index contributed by atoms with van der Waals surface area (Å²) < 4.78 is 7.92. The number of fused-ring (bicyclic) bond motifs is 1. The van der Waals surface area contributed by atoms with Crippen molar-refractivity contribution in [3.05, 3.63) is 56.5 Å². The number of rotatable bonds is 2. The zero-order chi connectivity index (χ0) is 14.1. The second-order valence-corrected chi connectivity index (χ2v) is 6.81. The third-order valence-corrected chi connectivity index (χ3v) is 4.52. The van der Waals surface area contributed by atoms with Crippen LogP contribution in [0.1, 0.15) is 23.6 Å². The van der Waals surface area contributed by atoms with Gasteiger partial charge in [0.25, 0.3) is 0 Å². The number of halogens is 2. The predicted molar refractivity (Wildman–Crippen MR) is 89.5 cm³/mol. The smallest absolute Gasteiger partial charge is 0.124 e. The van der Waals surface area contributed by atoms with Crippen molar-refractivity contribution in [3.8, 4) is 5.75 Å². The van der Waals surface area contributed by atoms with Crippen LogP contribution in [0.2, 0.25) is 0 Å². The van der Waals surface area contributed by atoms with E-state index in [2.05, 4.69) is 68.4 Å². The lowest BCUT2D eigenvalue weighted by Crippen LogP contribution is -2.20. The number of nitrogens with one attached hydrogen (secondary N) is 1. The molecule has 0 bridgehead atoms. The van der Waals surface area contributed by atoms with Crippen LogP contribution in [-0.4, -0.2) is 6.61 Å². The topological polar surface area (TPSA) is 21.3 Å². The van der Waals surface area contributed by atoms with Gasteiger partial charge < -0.3 is 10.1 Å². The molecule has 1 unspecified atom stereocenters. The molecule has 1 aliphatic heterocycles. The minimum atomic E-state index is 0.288. The number of anilines is 1. The second-order valence-electron chi connectivity index (χ2n) is 4.98. The van der Waals surface area contributed by atoms with Gasteiger partial charge in [0.1, 0.15) is 5.75 Å². The van der Waals surface area contributed by atoms with Crippen molar-refractivity contribution in [2.45, 2.75) is 19.4 Å². The predicted octanol–water partition coefficient (Wildman–Crippen LogP) is 5.46. The number of aryl methyl sites for hydroxylation is 1. The summed E-state index contributed by atoms with van der Waals surface area (Å²) in [7, 11) is 0. The molecule has 0 saturated heterocycles. The van der Waals surface area contributed by atoms with Crippen LogP contribution in [-0.2, 0) is 0 Å². The van der Waals surface area contributed by atoms with Crippen LogP contribution in [0.5, 0.6) is 5.75 Å². The molecule has 0 fully saturated rings. The van der Waals surface area contributed by atoms with Crippen LogP contribution in [0.4, 0.5) is 5.69 Å². The van der Waals surface area contributed by atoms with Gasteiger partial charge in [0.15, 0.2) is 0 Å². The highest BCUT2D eigenvalue weighted by Gasteiger charge is 2.22. The van der Waals surface area contributed by atoms with E-state index in [-0.39, 0.29) is 6.04 Å². The van der Waals surface area contributed by atoms with Gasteiger partial charge in [0.05, 0.1) is 12.6 Å². The monoisotopic (exact) mass is 395 g/mol. The molecule has 3 rings (SSSR count). The van der Waals surface area contributed by atoms with Crippen molar-refractivity contribution in [2.24, 2.45) is 0 Å². The molecule has 0 radical (unpaired) electrons. The molecule has 1 N–H and O–H groups in total. The number of hydrogen-bond acceptors (Lipinski definition) is 2. The van der Waals surface area contributed by atoms with E-state index in [1.807, 2.05) is 12.1 Å². The van der Waals surface area contributed by atoms with Crippen molar-refractivity contribution < 1.29 is 4.74 Å². The van der Waals surface area contributed by atoms with Gasteiger partial charge in [-0.3, -0.25) is 0 Å². The summed E-state index contributed by atoms with van der Waals surface area (Å²) in [4.78, 5) is 0. The van der Waals surface area contributed by atoms with Crippen molar-refractivity contribution in [1.82, 2.24) is 0 Å². The zero-order valence-electron chi connectivity index (χ0n) is 11.1. The van der Waals surface area contributed by atoms with Crippen LogP contribution in [0.3, 0.4) is 0 Å². The highest BCUT2D eigenvalue weighted by molar-refractivity contribution is 9.10. The van der Waals surface area contributed by atoms with Crippen molar-refractivity contribution in [3.63, 3.8) is 0 Å². The summed E-state index contributed by atoms with van der Waals surface area (Å²) in [5.41, 5.74) is 3.63. The van der Waals surface area contributed by atoms with Gasteiger partial charge in [-0.15, -0.1) is 0 Å². The summed E-state index contributed by atoms with van der Waals surface area (Å²) in [6.45, 7) is 2.87. The molecule has 0 spiro atoms. The minimum absolute atomic E-state index is 0.288. The molecule has 2 aromatic carbocycles. The SMILES string of the molecule is Cc1cc(Br)ccc1NC1CCOc2ccc(Br)cc21. The molecule has 0 amide bonds. The van der Waals surface area contributed by atoms with E-state index in [9.17, 15) is 0 Å². The fraction of sp³-hybridized carbons (Fsp3) is 0.250. The van der Waals surface area contributed by atoms with Crippen molar-refractivity contribution >= 4 is 37.5 Å². The molecule has 20 heavy (non-hydrogen) atoms. The molecule has 1 atom stereocenters. The summed E-state index contributed by atoms with van der Waals surface area (Å²) in [5, 5.41) is 3.64. The highest BCUT2D eigenvalue weighted by Crippen LogP contribution is 2.36. The highest BCUT2D eigenvalue weighted by atomic mass is 79.9. The maximum atomic E-state index is 5.73. The fourth-order valence-electron chi connectivity index (χ4n) is 2.49. The normalized spacial score (nSPS) is 17.2. The Balaban J connectivity index is 1.91. The first-order chi connectivity index (χ1) is 9.63. The molecule has 2 nitrogen and oxygen atoms in total. The average molecular weight is 397 g/mol. The van der Waals surface area contributed by atoms with Gasteiger partial charge in [-0.1, -0.05) is 31.9 Å². The van der Waals surface area contributed by atoms with E-state index < -0.39 is 0 Å². The van der Waals surface area contributed by atoms with Crippen LogP contribution in [0.25, 0.3) is 0 Å². The Morgan fingerprint density at radius 1 is 1.10 bits per heavy atom. The van der Waals surface area contributed by atoms with Gasteiger partial charge in [0.2, 0.25) is 0 Å². The number of ether oxygens (including phenoxy) is 1. The van der Waals surface area contributed by atoms with E-state index in [1.54, 1.807) is 0 Å². The molecule has 1 aliphatic rings. The average Bonchev–Trinajstić information content (AvgIpc) is 2.42. The standard InChI is InChI=1S/C16H15Br2NO/c1-10-8-11(17)2-4-14(10)19-15-6-7-20-16-5-3-12(18)9-13(15)16/h2-5,8-9,15,19H,6-7H2,1H3. The van der Waals surface area contributed by atoms with Crippen LogP contribution in [0.15, 0.2) is 45.3 Å². The third kappa shape index (κ3) is 2.86. The number of hydrogen-bond donors (Lipinski definition) is 1. The van der Waals surface area contributed by atoms with E-state index >= 15 is 0 Å². The van der Waals surface area contributed by atoms with E-state index in [0.29, 0.717) is 0 Å². The van der Waals surface area contributed by atoms with E-state index in [1.165, 1.54) is 16.8 Å². The maximum absolute atomic E-state index is 5.73. The zero-order valence-corrected chi connectivity index (χ0v) is 14.3. The lowest BCUT2D eigenvalue weighted by atomic mass is 10.00. The Bertz CT molecular complexity index is 642. The molecular formula is C16H15Br2NO. The number of benzene rings is 2. The molecular weight excluding hydrogens is 382 g/mol. The fourth-order valence-corrected chi connectivity index (χ4v) is 3.35. The summed E-state index contributed by atoms with van der Waals surface area (Å²) >= 11 is 7.04. The molecule has 4 heteroatoms. The maximum Gasteiger partial charge on any atom is 0.124 e. The Morgan fingerprint density at radius 3 is 2.65 bits per heavy atom. The molecule has 2 aromatic rings. The summed E-state index contributed by atoms with van der Waals surface area (Å²) in [5.74, 6) is 0.978. The molecule has 104 valence electrons. The van der Waals surface area contributed by atoms with Gasteiger partial charge in [0, 0.05) is 26.6 Å². The first-order valence-corrected chi connectivity index (χ1v) is 8.17. The Morgan fingerprint density at radius 2 is 1.85 bits per heavy atom. The summed E-state index contributed by atoms with van der Waals surface area (Å²) in [6.07, 6.45) is 0.971. The molecule has 0 aromatic heterocycles. The van der Waals surface area contributed by atoms with Crippen LogP contribution in [0, 0.1) is 6.92 Å².